The Balaban J connectivity index is 1.86. The number of aromatic nitrogens is 1. The second kappa shape index (κ2) is 6.50. The van der Waals surface area contributed by atoms with Crippen LogP contribution in [0.4, 0.5) is 5.13 Å². The summed E-state index contributed by atoms with van der Waals surface area (Å²) in [5, 5.41) is 6.72. The van der Waals surface area contributed by atoms with Gasteiger partial charge >= 0.3 is 0 Å². The Bertz CT molecular complexity index is 367. The van der Waals surface area contributed by atoms with Crippen molar-refractivity contribution in [3.63, 3.8) is 0 Å². The first kappa shape index (κ1) is 13.8. The molecule has 1 aliphatic rings. The normalized spacial score (nSPS) is 20.0. The first-order chi connectivity index (χ1) is 8.69. The second-order valence-corrected chi connectivity index (χ2v) is 6.05. The molecule has 4 nitrogen and oxygen atoms in total. The van der Waals surface area contributed by atoms with Gasteiger partial charge in [-0.1, -0.05) is 13.8 Å². The van der Waals surface area contributed by atoms with Gasteiger partial charge < -0.3 is 15.0 Å². The fourth-order valence-corrected chi connectivity index (χ4v) is 3.07. The summed E-state index contributed by atoms with van der Waals surface area (Å²) in [5.74, 6) is 0.663. The fraction of sp³-hybridized carbons (Fsp3) is 0.769. The summed E-state index contributed by atoms with van der Waals surface area (Å²) < 4.78 is 5.23. The Labute approximate surface area is 113 Å². The predicted octanol–water partition coefficient (Wildman–Crippen LogP) is 2.11. The molecule has 0 radical (unpaired) electrons. The highest BCUT2D eigenvalue weighted by molar-refractivity contribution is 7.13. The van der Waals surface area contributed by atoms with Crippen molar-refractivity contribution in [1.29, 1.82) is 0 Å². The molecule has 1 aliphatic heterocycles. The van der Waals surface area contributed by atoms with E-state index in [0.29, 0.717) is 12.0 Å². The summed E-state index contributed by atoms with van der Waals surface area (Å²) in [6.45, 7) is 8.23. The van der Waals surface area contributed by atoms with Crippen LogP contribution in [0.5, 0.6) is 0 Å². The van der Waals surface area contributed by atoms with Crippen LogP contribution in [0.15, 0.2) is 5.38 Å². The summed E-state index contributed by atoms with van der Waals surface area (Å²) in [5.41, 5.74) is 1.15. The number of hydrogen-bond acceptors (Lipinski definition) is 5. The monoisotopic (exact) mass is 269 g/mol. The van der Waals surface area contributed by atoms with Gasteiger partial charge in [-0.2, -0.15) is 0 Å². The molecule has 1 atom stereocenters. The number of hydrogen-bond donors (Lipinski definition) is 1. The van der Waals surface area contributed by atoms with Crippen LogP contribution in [-0.2, 0) is 11.3 Å². The zero-order chi connectivity index (χ0) is 13.0. The fourth-order valence-electron chi connectivity index (χ4n) is 2.21. The molecule has 1 fully saturated rings. The van der Waals surface area contributed by atoms with Crippen molar-refractivity contribution < 1.29 is 4.74 Å². The first-order valence-corrected chi connectivity index (χ1v) is 7.48. The van der Waals surface area contributed by atoms with E-state index in [9.17, 15) is 0 Å². The smallest absolute Gasteiger partial charge is 0.185 e. The van der Waals surface area contributed by atoms with Gasteiger partial charge in [-0.05, 0) is 6.42 Å². The third-order valence-corrected chi connectivity index (χ3v) is 4.14. The quantitative estimate of drug-likeness (QED) is 0.858. The zero-order valence-electron chi connectivity index (χ0n) is 11.5. The molecule has 102 valence electrons. The number of ether oxygens (including phenoxy) is 1. The second-order valence-electron chi connectivity index (χ2n) is 5.21. The van der Waals surface area contributed by atoms with Gasteiger partial charge in [-0.25, -0.2) is 4.98 Å². The maximum atomic E-state index is 5.23. The average molecular weight is 269 g/mol. The van der Waals surface area contributed by atoms with Gasteiger partial charge in [0.1, 0.15) is 0 Å². The number of nitrogens with zero attached hydrogens (tertiary/aromatic N) is 2. The highest BCUT2D eigenvalue weighted by atomic mass is 32.1. The van der Waals surface area contributed by atoms with Crippen LogP contribution in [0.25, 0.3) is 0 Å². The summed E-state index contributed by atoms with van der Waals surface area (Å²) in [6.07, 6.45) is 1.22. The Morgan fingerprint density at radius 2 is 2.44 bits per heavy atom. The van der Waals surface area contributed by atoms with E-state index in [1.165, 1.54) is 6.42 Å². The molecule has 2 heterocycles. The van der Waals surface area contributed by atoms with E-state index in [1.54, 1.807) is 18.4 Å². The van der Waals surface area contributed by atoms with Crippen LogP contribution in [0, 0.1) is 5.92 Å². The largest absolute Gasteiger partial charge is 0.384 e. The van der Waals surface area contributed by atoms with Crippen molar-refractivity contribution in [2.75, 3.05) is 31.7 Å². The first-order valence-electron chi connectivity index (χ1n) is 6.60. The summed E-state index contributed by atoms with van der Waals surface area (Å²) in [6, 6.07) is 0.507. The number of nitrogens with one attached hydrogen (secondary N) is 1. The minimum Gasteiger partial charge on any atom is -0.384 e. The van der Waals surface area contributed by atoms with Gasteiger partial charge in [-0.3, -0.25) is 0 Å². The highest BCUT2D eigenvalue weighted by Crippen LogP contribution is 2.27. The summed E-state index contributed by atoms with van der Waals surface area (Å²) >= 11 is 1.75. The number of thiazole rings is 1. The van der Waals surface area contributed by atoms with Gasteiger partial charge in [0.15, 0.2) is 5.13 Å². The van der Waals surface area contributed by atoms with Crippen molar-refractivity contribution in [2.24, 2.45) is 5.92 Å². The molecule has 1 saturated heterocycles. The van der Waals surface area contributed by atoms with E-state index in [0.717, 1.165) is 37.1 Å². The lowest BCUT2D eigenvalue weighted by Crippen LogP contribution is -2.23. The molecular weight excluding hydrogens is 246 g/mol. The van der Waals surface area contributed by atoms with E-state index >= 15 is 0 Å². The van der Waals surface area contributed by atoms with Crippen LogP contribution >= 0.6 is 11.3 Å². The number of anilines is 1. The number of methoxy groups -OCH3 is 1. The Hall–Kier alpha value is -0.650. The van der Waals surface area contributed by atoms with E-state index in [2.05, 4.69) is 29.4 Å². The summed E-state index contributed by atoms with van der Waals surface area (Å²) in [4.78, 5) is 7.08. The molecule has 1 unspecified atom stereocenters. The molecule has 0 amide bonds. The molecule has 0 saturated carbocycles. The van der Waals surface area contributed by atoms with Gasteiger partial charge in [0.2, 0.25) is 0 Å². The molecule has 0 bridgehead atoms. The molecule has 1 N–H and O–H groups in total. The highest BCUT2D eigenvalue weighted by Gasteiger charge is 2.24. The third-order valence-electron chi connectivity index (χ3n) is 3.19. The van der Waals surface area contributed by atoms with Crippen LogP contribution in [0.3, 0.4) is 0 Å². The third kappa shape index (κ3) is 3.67. The molecule has 2 rings (SSSR count). The summed E-state index contributed by atoms with van der Waals surface area (Å²) in [7, 11) is 1.78. The van der Waals surface area contributed by atoms with Gasteiger partial charge in [-0.15, -0.1) is 11.3 Å². The average Bonchev–Trinajstić information content (AvgIpc) is 2.94. The molecule has 0 spiro atoms. The van der Waals surface area contributed by atoms with Crippen molar-refractivity contribution in [2.45, 2.75) is 32.9 Å². The van der Waals surface area contributed by atoms with Crippen LogP contribution in [0.1, 0.15) is 26.0 Å². The zero-order valence-corrected chi connectivity index (χ0v) is 12.3. The van der Waals surface area contributed by atoms with Gasteiger partial charge in [0, 0.05) is 44.1 Å². The molecule has 0 aromatic carbocycles. The lowest BCUT2D eigenvalue weighted by atomic mass is 10.1. The maximum absolute atomic E-state index is 5.23. The Morgan fingerprint density at radius 1 is 1.61 bits per heavy atom. The molecular formula is C13H23N3OS. The standard InChI is InChI=1S/C13H23N3OS/c1-10(2)14-6-12-9-18-13(15-12)16-5-4-11(7-16)8-17-3/h9-11,14H,4-8H2,1-3H3. The Kier molecular flexibility index (Phi) is 4.97. The minimum atomic E-state index is 0.507. The van der Waals surface area contributed by atoms with Crippen molar-refractivity contribution in [3.05, 3.63) is 11.1 Å². The van der Waals surface area contributed by atoms with Gasteiger partial charge in [0.25, 0.3) is 0 Å². The number of rotatable bonds is 6. The Morgan fingerprint density at radius 3 is 3.17 bits per heavy atom. The van der Waals surface area contributed by atoms with Crippen LogP contribution in [-0.4, -0.2) is 37.8 Å². The van der Waals surface area contributed by atoms with E-state index in [1.807, 2.05) is 0 Å². The van der Waals surface area contributed by atoms with Crippen LogP contribution in [0.2, 0.25) is 0 Å². The lowest BCUT2D eigenvalue weighted by Gasteiger charge is -2.14. The topological polar surface area (TPSA) is 37.4 Å². The van der Waals surface area contributed by atoms with E-state index in [4.69, 9.17) is 9.72 Å². The molecule has 18 heavy (non-hydrogen) atoms. The predicted molar refractivity (Wildman–Crippen MR) is 76.3 cm³/mol. The van der Waals surface area contributed by atoms with E-state index < -0.39 is 0 Å². The molecule has 1 aromatic heterocycles. The lowest BCUT2D eigenvalue weighted by molar-refractivity contribution is 0.161. The maximum Gasteiger partial charge on any atom is 0.185 e. The SMILES string of the molecule is COCC1CCN(c2nc(CNC(C)C)cs2)C1. The van der Waals surface area contributed by atoms with Gasteiger partial charge in [0.05, 0.1) is 12.3 Å². The van der Waals surface area contributed by atoms with Crippen LogP contribution < -0.4 is 10.2 Å². The minimum absolute atomic E-state index is 0.507. The van der Waals surface area contributed by atoms with Crippen molar-refractivity contribution in [1.82, 2.24) is 10.3 Å². The molecule has 5 heteroatoms. The molecule has 1 aromatic rings. The van der Waals surface area contributed by atoms with E-state index in [-0.39, 0.29) is 0 Å². The van der Waals surface area contributed by atoms with Crippen molar-refractivity contribution >= 4 is 16.5 Å². The van der Waals surface area contributed by atoms with Crippen molar-refractivity contribution in [3.8, 4) is 0 Å². The molecule has 0 aliphatic carbocycles.